The summed E-state index contributed by atoms with van der Waals surface area (Å²) in [6.45, 7) is 5.81. The number of aryl methyl sites for hydroxylation is 1. The first-order valence-corrected chi connectivity index (χ1v) is 9.58. The molecule has 7 nitrogen and oxygen atoms in total. The molecule has 0 heterocycles. The highest BCUT2D eigenvalue weighted by Crippen LogP contribution is 2.18. The number of benzene rings is 2. The summed E-state index contributed by atoms with van der Waals surface area (Å²) >= 11 is 0. The lowest BCUT2D eigenvalue weighted by atomic mass is 10.2. The SMILES string of the molecule is CCOc1ccc(O[C@H](C)C(=O)NNS(=O)(=O)c2ccc(C)cc2)cc1. The summed E-state index contributed by atoms with van der Waals surface area (Å²) in [4.78, 5) is 14.2. The Balaban J connectivity index is 1.91. The number of sulfonamides is 1. The van der Waals surface area contributed by atoms with Crippen LogP contribution < -0.4 is 19.7 Å². The van der Waals surface area contributed by atoms with Crippen molar-refractivity contribution in [3.8, 4) is 11.5 Å². The fourth-order valence-corrected chi connectivity index (χ4v) is 2.88. The molecule has 2 rings (SSSR count). The van der Waals surface area contributed by atoms with Gasteiger partial charge in [-0.05, 0) is 57.2 Å². The molecule has 0 bridgehead atoms. The van der Waals surface area contributed by atoms with Gasteiger partial charge in [-0.3, -0.25) is 10.2 Å². The van der Waals surface area contributed by atoms with Crippen molar-refractivity contribution in [2.45, 2.75) is 31.8 Å². The molecule has 2 N–H and O–H groups in total. The van der Waals surface area contributed by atoms with Gasteiger partial charge in [-0.1, -0.05) is 17.7 Å². The van der Waals surface area contributed by atoms with Crippen molar-refractivity contribution in [1.82, 2.24) is 10.3 Å². The van der Waals surface area contributed by atoms with Crippen LogP contribution in [0.1, 0.15) is 19.4 Å². The van der Waals surface area contributed by atoms with E-state index in [2.05, 4.69) is 10.3 Å². The second kappa shape index (κ2) is 8.68. The molecule has 0 aliphatic heterocycles. The predicted molar refractivity (Wildman–Crippen MR) is 97.3 cm³/mol. The smallest absolute Gasteiger partial charge is 0.275 e. The Kier molecular flexibility index (Phi) is 6.59. The second-order valence-electron chi connectivity index (χ2n) is 5.57. The minimum absolute atomic E-state index is 0.0588. The summed E-state index contributed by atoms with van der Waals surface area (Å²) in [7, 11) is -3.84. The van der Waals surface area contributed by atoms with E-state index in [1.165, 1.54) is 19.1 Å². The molecule has 0 radical (unpaired) electrons. The maximum absolute atomic E-state index is 12.1. The minimum atomic E-state index is -3.84. The van der Waals surface area contributed by atoms with Crippen LogP contribution in [0.15, 0.2) is 53.4 Å². The van der Waals surface area contributed by atoms with Crippen molar-refractivity contribution in [2.75, 3.05) is 6.61 Å². The van der Waals surface area contributed by atoms with Crippen molar-refractivity contribution < 1.29 is 22.7 Å². The Bertz CT molecular complexity index is 833. The third-order valence-corrected chi connectivity index (χ3v) is 4.72. The average Bonchev–Trinajstić information content (AvgIpc) is 2.62. The van der Waals surface area contributed by atoms with E-state index in [9.17, 15) is 13.2 Å². The first-order chi connectivity index (χ1) is 12.3. The molecule has 0 aliphatic rings. The van der Waals surface area contributed by atoms with E-state index in [1.54, 1.807) is 36.4 Å². The van der Waals surface area contributed by atoms with Crippen molar-refractivity contribution in [3.63, 3.8) is 0 Å². The van der Waals surface area contributed by atoms with Gasteiger partial charge in [0.15, 0.2) is 6.10 Å². The van der Waals surface area contributed by atoms with E-state index in [1.807, 2.05) is 13.8 Å². The highest BCUT2D eigenvalue weighted by molar-refractivity contribution is 7.89. The zero-order valence-electron chi connectivity index (χ0n) is 14.9. The van der Waals surface area contributed by atoms with E-state index < -0.39 is 22.0 Å². The van der Waals surface area contributed by atoms with E-state index in [-0.39, 0.29) is 4.90 Å². The van der Waals surface area contributed by atoms with Gasteiger partial charge < -0.3 is 9.47 Å². The first kappa shape index (κ1) is 19.7. The molecule has 0 saturated heterocycles. The maximum Gasteiger partial charge on any atom is 0.275 e. The molecule has 0 unspecified atom stereocenters. The molecular weight excluding hydrogens is 356 g/mol. The van der Waals surface area contributed by atoms with Gasteiger partial charge in [0.2, 0.25) is 0 Å². The molecule has 0 aliphatic carbocycles. The van der Waals surface area contributed by atoms with Crippen molar-refractivity contribution in [2.24, 2.45) is 0 Å². The largest absolute Gasteiger partial charge is 0.494 e. The molecule has 8 heteroatoms. The number of hydrogen-bond donors (Lipinski definition) is 2. The molecule has 0 spiro atoms. The van der Waals surface area contributed by atoms with Crippen molar-refractivity contribution >= 4 is 15.9 Å². The molecule has 1 amide bonds. The molecule has 0 saturated carbocycles. The van der Waals surface area contributed by atoms with Gasteiger partial charge in [0.05, 0.1) is 11.5 Å². The van der Waals surface area contributed by atoms with Gasteiger partial charge in [0.25, 0.3) is 15.9 Å². The zero-order chi connectivity index (χ0) is 19.2. The Morgan fingerprint density at radius 2 is 1.62 bits per heavy atom. The fourth-order valence-electron chi connectivity index (χ4n) is 2.03. The monoisotopic (exact) mass is 378 g/mol. The Hall–Kier alpha value is -2.58. The topological polar surface area (TPSA) is 93.7 Å². The third-order valence-electron chi connectivity index (χ3n) is 3.46. The van der Waals surface area contributed by atoms with Crippen LogP contribution >= 0.6 is 0 Å². The summed E-state index contributed by atoms with van der Waals surface area (Å²) in [5.74, 6) is 0.551. The number of carbonyl (C=O) groups is 1. The van der Waals surface area contributed by atoms with Crippen LogP contribution in [0.25, 0.3) is 0 Å². The van der Waals surface area contributed by atoms with Crippen LogP contribution in [0.5, 0.6) is 11.5 Å². The molecule has 140 valence electrons. The number of nitrogens with one attached hydrogen (secondary N) is 2. The highest BCUT2D eigenvalue weighted by Gasteiger charge is 2.19. The predicted octanol–water partition coefficient (Wildman–Crippen LogP) is 2.17. The molecule has 1 atom stereocenters. The third kappa shape index (κ3) is 5.47. The van der Waals surface area contributed by atoms with Gasteiger partial charge >= 0.3 is 0 Å². The number of hydrazine groups is 1. The van der Waals surface area contributed by atoms with E-state index in [0.29, 0.717) is 18.1 Å². The average molecular weight is 378 g/mol. The molecule has 2 aromatic carbocycles. The van der Waals surface area contributed by atoms with Crippen LogP contribution in [0.3, 0.4) is 0 Å². The van der Waals surface area contributed by atoms with Gasteiger partial charge in [-0.2, -0.15) is 0 Å². The summed E-state index contributed by atoms with van der Waals surface area (Å²) < 4.78 is 35.1. The van der Waals surface area contributed by atoms with Crippen molar-refractivity contribution in [3.05, 3.63) is 54.1 Å². The highest BCUT2D eigenvalue weighted by atomic mass is 32.2. The molecule has 26 heavy (non-hydrogen) atoms. The number of rotatable bonds is 8. The van der Waals surface area contributed by atoms with E-state index in [4.69, 9.17) is 9.47 Å². The lowest BCUT2D eigenvalue weighted by molar-refractivity contribution is -0.127. The van der Waals surface area contributed by atoms with Gasteiger partial charge in [-0.25, -0.2) is 8.42 Å². The zero-order valence-corrected chi connectivity index (χ0v) is 15.7. The van der Waals surface area contributed by atoms with Crippen LogP contribution in [-0.2, 0) is 14.8 Å². The molecular formula is C18H22N2O5S. The van der Waals surface area contributed by atoms with Crippen LogP contribution in [0.4, 0.5) is 0 Å². The number of amides is 1. The Labute approximate surface area is 153 Å². The quantitative estimate of drug-likeness (QED) is 0.687. The summed E-state index contributed by atoms with van der Waals surface area (Å²) in [5, 5.41) is 0. The lowest BCUT2D eigenvalue weighted by Crippen LogP contribution is -2.47. The fraction of sp³-hybridized carbons (Fsp3) is 0.278. The summed E-state index contributed by atoms with van der Waals surface area (Å²) in [6, 6.07) is 13.1. The van der Waals surface area contributed by atoms with Gasteiger partial charge in [0, 0.05) is 0 Å². The lowest BCUT2D eigenvalue weighted by Gasteiger charge is -2.15. The van der Waals surface area contributed by atoms with E-state index >= 15 is 0 Å². The van der Waals surface area contributed by atoms with Crippen LogP contribution in [0.2, 0.25) is 0 Å². The van der Waals surface area contributed by atoms with Crippen molar-refractivity contribution in [1.29, 1.82) is 0 Å². The van der Waals surface area contributed by atoms with Crippen LogP contribution in [-0.4, -0.2) is 27.0 Å². The van der Waals surface area contributed by atoms with E-state index in [0.717, 1.165) is 5.56 Å². The number of ether oxygens (including phenoxy) is 2. The van der Waals surface area contributed by atoms with Gasteiger partial charge in [-0.15, -0.1) is 4.83 Å². The first-order valence-electron chi connectivity index (χ1n) is 8.09. The molecule has 0 fully saturated rings. The Morgan fingerprint density at radius 3 is 2.19 bits per heavy atom. The molecule has 2 aromatic rings. The summed E-state index contributed by atoms with van der Waals surface area (Å²) in [6.07, 6.45) is -0.895. The molecule has 0 aromatic heterocycles. The number of hydrogen-bond acceptors (Lipinski definition) is 5. The Morgan fingerprint density at radius 1 is 1.04 bits per heavy atom. The normalized spacial score (nSPS) is 12.3. The standard InChI is InChI=1S/C18H22N2O5S/c1-4-24-15-7-9-16(10-8-15)25-14(3)18(21)19-20-26(22,23)17-11-5-13(2)6-12-17/h5-12,14,20H,4H2,1-3H3,(H,19,21)/t14-/m1/s1. The minimum Gasteiger partial charge on any atom is -0.494 e. The second-order valence-corrected chi connectivity index (χ2v) is 7.25. The maximum atomic E-state index is 12.1. The van der Waals surface area contributed by atoms with Crippen LogP contribution in [0, 0.1) is 6.92 Å². The van der Waals surface area contributed by atoms with Gasteiger partial charge in [0.1, 0.15) is 11.5 Å². The number of carbonyl (C=O) groups excluding carboxylic acids is 1. The summed E-state index contributed by atoms with van der Waals surface area (Å²) in [5.41, 5.74) is 3.10.